The van der Waals surface area contributed by atoms with E-state index in [0.29, 0.717) is 5.76 Å². The first-order valence-corrected chi connectivity index (χ1v) is 1.96. The van der Waals surface area contributed by atoms with E-state index in [0.717, 1.165) is 0 Å². The van der Waals surface area contributed by atoms with Crippen LogP contribution < -0.4 is 4.98 Å². The fraction of sp³-hybridized carbons (Fsp3) is 0.250. The van der Waals surface area contributed by atoms with Crippen molar-refractivity contribution < 1.29 is 14.5 Å². The largest absolute Gasteiger partial charge is 0.556 e. The van der Waals surface area contributed by atoms with Crippen LogP contribution in [0, 0.1) is 6.92 Å². The Hall–Kier alpha value is -0.990. The van der Waals surface area contributed by atoms with Crippen molar-refractivity contribution in [3.8, 4) is 6.08 Å². The van der Waals surface area contributed by atoms with E-state index in [4.69, 9.17) is 5.11 Å². The maximum Gasteiger partial charge on any atom is 0.556 e. The summed E-state index contributed by atoms with van der Waals surface area (Å²) in [7, 11) is 0. The van der Waals surface area contributed by atoms with Gasteiger partial charge in [-0.05, 0) is 0 Å². The zero-order valence-corrected chi connectivity index (χ0v) is 3.93. The number of aryl methyl sites for hydroxylation is 1. The second-order valence-electron chi connectivity index (χ2n) is 1.31. The van der Waals surface area contributed by atoms with Crippen LogP contribution in [0.25, 0.3) is 0 Å². The maximum absolute atomic E-state index is 8.43. The summed E-state index contributed by atoms with van der Waals surface area (Å²) in [5.41, 5.74) is 0. The summed E-state index contributed by atoms with van der Waals surface area (Å²) in [5, 5.41) is 8.43. The first-order chi connectivity index (χ1) is 3.29. The number of rotatable bonds is 0. The molecule has 2 N–H and O–H groups in total. The lowest BCUT2D eigenvalue weighted by atomic mass is 10.6. The van der Waals surface area contributed by atoms with Crippen LogP contribution in [0.4, 0.5) is 0 Å². The van der Waals surface area contributed by atoms with E-state index in [2.05, 4.69) is 9.40 Å². The van der Waals surface area contributed by atoms with Crippen molar-refractivity contribution in [1.29, 1.82) is 0 Å². The smallest absolute Gasteiger partial charge is 0.429 e. The predicted molar refractivity (Wildman–Crippen MR) is 21.7 cm³/mol. The Balaban J connectivity index is 3.04. The Kier molecular flexibility index (Phi) is 0.749. The molecule has 0 amide bonds. The highest BCUT2D eigenvalue weighted by molar-refractivity contribution is 4.81. The molecule has 0 aromatic carbocycles. The topological polar surface area (TPSA) is 47.5 Å². The molecule has 1 heterocycles. The van der Waals surface area contributed by atoms with Crippen molar-refractivity contribution in [3.05, 3.63) is 12.0 Å². The minimum absolute atomic E-state index is 0.141. The van der Waals surface area contributed by atoms with Crippen LogP contribution in [-0.2, 0) is 0 Å². The van der Waals surface area contributed by atoms with E-state index in [-0.39, 0.29) is 6.08 Å². The number of aromatic nitrogens is 1. The molecule has 0 saturated heterocycles. The molecular formula is C4H6NO2+. The highest BCUT2D eigenvalue weighted by Gasteiger charge is 1.99. The van der Waals surface area contributed by atoms with E-state index in [1.54, 1.807) is 13.1 Å². The van der Waals surface area contributed by atoms with Gasteiger partial charge in [0.25, 0.3) is 0 Å². The zero-order valence-electron chi connectivity index (χ0n) is 3.93. The molecule has 0 spiro atoms. The highest BCUT2D eigenvalue weighted by Crippen LogP contribution is 1.99. The normalized spacial score (nSPS) is 9.29. The van der Waals surface area contributed by atoms with Gasteiger partial charge in [-0.25, -0.2) is 0 Å². The molecule has 0 aliphatic rings. The number of hydrogen-bond acceptors (Lipinski definition) is 2. The van der Waals surface area contributed by atoms with Crippen molar-refractivity contribution in [2.24, 2.45) is 0 Å². The molecule has 0 unspecified atom stereocenters. The minimum atomic E-state index is -0.141. The van der Waals surface area contributed by atoms with E-state index >= 15 is 0 Å². The monoisotopic (exact) mass is 100 g/mol. The number of aromatic hydroxyl groups is 1. The first-order valence-electron chi connectivity index (χ1n) is 1.96. The maximum atomic E-state index is 8.43. The predicted octanol–water partition coefficient (Wildman–Crippen LogP) is 0.108. The number of oxazole rings is 1. The summed E-state index contributed by atoms with van der Waals surface area (Å²) in [5.74, 6) is 0.678. The average molecular weight is 100 g/mol. The molecule has 1 aromatic rings. The lowest BCUT2D eigenvalue weighted by Gasteiger charge is -1.65. The van der Waals surface area contributed by atoms with Crippen molar-refractivity contribution in [3.63, 3.8) is 0 Å². The average Bonchev–Trinajstić information content (AvgIpc) is 1.87. The van der Waals surface area contributed by atoms with Crippen LogP contribution >= 0.6 is 0 Å². The molecule has 1 aromatic heterocycles. The second-order valence-corrected chi connectivity index (χ2v) is 1.31. The second kappa shape index (κ2) is 1.26. The Morgan fingerprint density at radius 2 is 2.57 bits per heavy atom. The van der Waals surface area contributed by atoms with Crippen molar-refractivity contribution >= 4 is 0 Å². The van der Waals surface area contributed by atoms with Crippen LogP contribution in [0.3, 0.4) is 0 Å². The molecule has 0 atom stereocenters. The van der Waals surface area contributed by atoms with Gasteiger partial charge in [-0.1, -0.05) is 0 Å². The summed E-state index contributed by atoms with van der Waals surface area (Å²) >= 11 is 0. The SMILES string of the molecule is Cc1c[nH+]c(O)o1. The Morgan fingerprint density at radius 1 is 1.86 bits per heavy atom. The number of aromatic amines is 1. The van der Waals surface area contributed by atoms with E-state index < -0.39 is 0 Å². The summed E-state index contributed by atoms with van der Waals surface area (Å²) < 4.78 is 4.58. The summed E-state index contributed by atoms with van der Waals surface area (Å²) in [4.78, 5) is 2.46. The molecule has 7 heavy (non-hydrogen) atoms. The zero-order chi connectivity index (χ0) is 5.28. The minimum Gasteiger partial charge on any atom is -0.429 e. The van der Waals surface area contributed by atoms with Crippen LogP contribution in [0.15, 0.2) is 10.6 Å². The number of hydrogen-bond donors (Lipinski definition) is 1. The van der Waals surface area contributed by atoms with Gasteiger partial charge in [-0.15, -0.1) is 4.98 Å². The van der Waals surface area contributed by atoms with Crippen molar-refractivity contribution in [2.45, 2.75) is 6.92 Å². The molecule has 1 rings (SSSR count). The number of H-pyrrole nitrogens is 1. The van der Waals surface area contributed by atoms with Gasteiger partial charge >= 0.3 is 6.08 Å². The van der Waals surface area contributed by atoms with Gasteiger partial charge < -0.3 is 9.52 Å². The third-order valence-electron chi connectivity index (χ3n) is 0.657. The van der Waals surface area contributed by atoms with E-state index in [9.17, 15) is 0 Å². The van der Waals surface area contributed by atoms with Gasteiger partial charge in [0, 0.05) is 6.92 Å². The summed E-state index contributed by atoms with van der Waals surface area (Å²) in [6.07, 6.45) is 1.44. The molecule has 3 nitrogen and oxygen atoms in total. The molecule has 3 heteroatoms. The van der Waals surface area contributed by atoms with Gasteiger partial charge in [0.2, 0.25) is 6.20 Å². The lowest BCUT2D eigenvalue weighted by molar-refractivity contribution is -0.401. The molecule has 0 fully saturated rings. The standard InChI is InChI=1S/C4H5NO2/c1-3-2-5-4(6)7-3/h2H,1H3,(H,5,6)/p+1. The van der Waals surface area contributed by atoms with Gasteiger partial charge in [0.15, 0.2) is 5.76 Å². The summed E-state index contributed by atoms with van der Waals surface area (Å²) in [6.45, 7) is 1.75. The third kappa shape index (κ3) is 0.707. The highest BCUT2D eigenvalue weighted by atomic mass is 16.5. The summed E-state index contributed by atoms with van der Waals surface area (Å²) in [6, 6.07) is 0. The third-order valence-corrected chi connectivity index (χ3v) is 0.657. The van der Waals surface area contributed by atoms with Gasteiger partial charge in [0.1, 0.15) is 0 Å². The van der Waals surface area contributed by atoms with Gasteiger partial charge in [0.05, 0.1) is 0 Å². The van der Waals surface area contributed by atoms with Crippen molar-refractivity contribution in [2.75, 3.05) is 0 Å². The molecule has 0 aliphatic carbocycles. The van der Waals surface area contributed by atoms with Crippen LogP contribution in [0.1, 0.15) is 5.76 Å². The Bertz CT molecular complexity index is 142. The van der Waals surface area contributed by atoms with Crippen molar-refractivity contribution in [1.82, 2.24) is 0 Å². The molecule has 0 bridgehead atoms. The Labute approximate surface area is 40.6 Å². The fourth-order valence-corrected chi connectivity index (χ4v) is 0.375. The first kappa shape index (κ1) is 4.18. The molecule has 0 radical (unpaired) electrons. The molecule has 38 valence electrons. The van der Waals surface area contributed by atoms with Crippen LogP contribution in [-0.4, -0.2) is 5.11 Å². The van der Waals surface area contributed by atoms with E-state index in [1.165, 1.54) is 0 Å². The number of nitrogens with one attached hydrogen (secondary N) is 1. The van der Waals surface area contributed by atoms with Gasteiger partial charge in [-0.2, -0.15) is 0 Å². The fourth-order valence-electron chi connectivity index (χ4n) is 0.375. The lowest BCUT2D eigenvalue weighted by Crippen LogP contribution is -1.91. The molecule has 0 aliphatic heterocycles. The van der Waals surface area contributed by atoms with Crippen LogP contribution in [0.5, 0.6) is 6.08 Å². The Morgan fingerprint density at radius 3 is 2.71 bits per heavy atom. The molecule has 0 saturated carbocycles. The van der Waals surface area contributed by atoms with Crippen LogP contribution in [0.2, 0.25) is 0 Å². The molecular weight excluding hydrogens is 94.0 g/mol. The quantitative estimate of drug-likeness (QED) is 0.503. The van der Waals surface area contributed by atoms with Gasteiger partial charge in [-0.3, -0.25) is 0 Å². The van der Waals surface area contributed by atoms with E-state index in [1.807, 2.05) is 0 Å².